The summed E-state index contributed by atoms with van der Waals surface area (Å²) < 4.78 is 42.5. The smallest absolute Gasteiger partial charge is 0.406 e. The average Bonchev–Trinajstić information content (AvgIpc) is 3.29. The summed E-state index contributed by atoms with van der Waals surface area (Å²) in [4.78, 5) is 58.3. The fourth-order valence-electron chi connectivity index (χ4n) is 3.92. The molecular weight excluding hydrogens is 649 g/mol. The number of rotatable bonds is 16. The van der Waals surface area contributed by atoms with Gasteiger partial charge in [-0.2, -0.15) is 4.98 Å². The van der Waals surface area contributed by atoms with Crippen LogP contribution in [0.2, 0.25) is 0 Å². The number of thioether (sulfide) groups is 1. The van der Waals surface area contributed by atoms with Crippen molar-refractivity contribution in [1.82, 2.24) is 14.6 Å². The van der Waals surface area contributed by atoms with Crippen LogP contribution in [0.25, 0.3) is 20.9 Å². The van der Waals surface area contributed by atoms with Crippen LogP contribution in [0.3, 0.4) is 0 Å². The van der Waals surface area contributed by atoms with E-state index in [0.29, 0.717) is 0 Å². The zero-order valence-corrected chi connectivity index (χ0v) is 28.2. The van der Waals surface area contributed by atoms with Gasteiger partial charge < -0.3 is 14.2 Å². The van der Waals surface area contributed by atoms with E-state index in [2.05, 4.69) is 30.1 Å². The van der Waals surface area contributed by atoms with Crippen molar-refractivity contribution in [3.8, 4) is 0 Å². The van der Waals surface area contributed by atoms with Gasteiger partial charge in [0.05, 0.1) is 38.1 Å². The minimum atomic E-state index is -4.34. The second kappa shape index (κ2) is 17.4. The van der Waals surface area contributed by atoms with E-state index in [1.165, 1.54) is 19.2 Å². The molecule has 21 heteroatoms. The number of nitrogens with one attached hydrogen (secondary N) is 1. The molecule has 1 aliphatic heterocycles. The number of carbonyl (C=O) groups is 3. The topological polar surface area (TPSA) is 259 Å². The van der Waals surface area contributed by atoms with Crippen molar-refractivity contribution < 1.29 is 42.2 Å². The van der Waals surface area contributed by atoms with Crippen molar-refractivity contribution in [3.05, 3.63) is 43.6 Å². The van der Waals surface area contributed by atoms with E-state index < -0.39 is 73.8 Å². The molecule has 1 N–H and O–H groups in total. The molecule has 0 aliphatic carbocycles. The average molecular weight is 688 g/mol. The molecule has 0 amide bonds. The summed E-state index contributed by atoms with van der Waals surface area (Å²) in [6.45, 7) is 10.0. The number of hydrogen-bond donors (Lipinski definition) is 1. The number of hydrogen-bond acceptors (Lipinski definition) is 14. The van der Waals surface area contributed by atoms with Crippen LogP contribution in [-0.4, -0.2) is 76.5 Å². The monoisotopic (exact) mass is 687 g/mol. The van der Waals surface area contributed by atoms with E-state index in [-0.39, 0.29) is 29.9 Å². The van der Waals surface area contributed by atoms with Crippen LogP contribution in [0.15, 0.2) is 27.3 Å². The molecule has 1 saturated heterocycles. The van der Waals surface area contributed by atoms with E-state index in [9.17, 15) is 29.3 Å². The van der Waals surface area contributed by atoms with Gasteiger partial charge in [0.25, 0.3) is 0 Å². The maximum Gasteiger partial charge on any atom is 0.406 e. The van der Waals surface area contributed by atoms with Crippen molar-refractivity contribution in [2.45, 2.75) is 79.0 Å². The van der Waals surface area contributed by atoms with Crippen molar-refractivity contribution in [3.63, 3.8) is 0 Å². The van der Waals surface area contributed by atoms with Crippen LogP contribution >= 0.6 is 19.5 Å². The first-order valence-electron chi connectivity index (χ1n) is 14.0. The van der Waals surface area contributed by atoms with Crippen molar-refractivity contribution in [2.24, 2.45) is 21.6 Å². The summed E-state index contributed by atoms with van der Waals surface area (Å²) in [5.74, 6) is -2.41. The van der Waals surface area contributed by atoms with Crippen molar-refractivity contribution in [2.75, 3.05) is 25.6 Å². The third kappa shape index (κ3) is 11.7. The number of carbonyl (C=O) groups excluding carboxylic acids is 3. The van der Waals surface area contributed by atoms with E-state index in [0.717, 1.165) is 23.3 Å². The first kappa shape index (κ1) is 38.7. The Morgan fingerprint density at radius 3 is 2.46 bits per heavy atom. The Bertz CT molecular complexity index is 1460. The zero-order valence-electron chi connectivity index (χ0n) is 26.5. The molecule has 1 aliphatic rings. The number of esters is 2. The van der Waals surface area contributed by atoms with E-state index in [4.69, 9.17) is 28.8 Å². The highest BCUT2D eigenvalue weighted by Crippen LogP contribution is 2.46. The molecule has 6 atom stereocenters. The number of aromatic nitrogens is 2. The molecule has 2 heterocycles. The third-order valence-electron chi connectivity index (χ3n) is 6.08. The Balaban J connectivity index is 2.37. The lowest BCUT2D eigenvalue weighted by Crippen LogP contribution is -2.37. The van der Waals surface area contributed by atoms with Crippen molar-refractivity contribution in [1.29, 1.82) is 0 Å². The summed E-state index contributed by atoms with van der Waals surface area (Å²) in [7, 11) is -4.34. The number of nitrogens with zero attached hydrogens (tertiary/aromatic N) is 8. The SMILES string of the molecule is CC(=O)OC[C@H]1C(N=[N+]=[N-])[C@H](n2ccc(N=[N+]=[N-])nc2=O)O[C@@H]1CO[P@@](=O)(N[C@@H](C)C(=O)OC(C)C)OCCSC(=O)C(C)(C)C. The largest absolute Gasteiger partial charge is 0.465 e. The first-order valence-corrected chi connectivity index (χ1v) is 16.6. The molecule has 2 rings (SSSR count). The molecule has 0 spiro atoms. The van der Waals surface area contributed by atoms with Crippen molar-refractivity contribution >= 4 is 42.4 Å². The molecule has 1 aromatic rings. The van der Waals surface area contributed by atoms with Gasteiger partial charge in [-0.3, -0.25) is 28.0 Å². The van der Waals surface area contributed by atoms with Gasteiger partial charge >= 0.3 is 25.4 Å². The number of azide groups is 2. The van der Waals surface area contributed by atoms with Crippen LogP contribution in [0.4, 0.5) is 5.82 Å². The summed E-state index contributed by atoms with van der Waals surface area (Å²) in [6.07, 6.45) is -1.65. The molecule has 0 radical (unpaired) electrons. The first-order chi connectivity index (χ1) is 21.5. The highest BCUT2D eigenvalue weighted by Gasteiger charge is 2.47. The fraction of sp³-hybridized carbons (Fsp3) is 0.720. The minimum absolute atomic E-state index is 0.117. The predicted octanol–water partition coefficient (Wildman–Crippen LogP) is 4.32. The Hall–Kier alpha value is -3.47. The predicted molar refractivity (Wildman–Crippen MR) is 165 cm³/mol. The quantitative estimate of drug-likeness (QED) is 0.0635. The zero-order chi connectivity index (χ0) is 34.7. The van der Waals surface area contributed by atoms with Gasteiger partial charge in [-0.05, 0) is 43.0 Å². The third-order valence-corrected chi connectivity index (χ3v) is 9.04. The molecule has 46 heavy (non-hydrogen) atoms. The highest BCUT2D eigenvalue weighted by atomic mass is 32.2. The van der Waals surface area contributed by atoms with Crippen LogP contribution in [0.1, 0.15) is 54.7 Å². The van der Waals surface area contributed by atoms with Crippen LogP contribution in [0, 0.1) is 11.3 Å². The summed E-state index contributed by atoms with van der Waals surface area (Å²) >= 11 is 0.975. The Morgan fingerprint density at radius 1 is 1.20 bits per heavy atom. The lowest BCUT2D eigenvalue weighted by molar-refractivity contribution is -0.149. The van der Waals surface area contributed by atoms with E-state index >= 15 is 0 Å². The van der Waals surface area contributed by atoms with Gasteiger partial charge in [0.2, 0.25) is 0 Å². The summed E-state index contributed by atoms with van der Waals surface area (Å²) in [6, 6.07) is -1.08. The Morgan fingerprint density at radius 2 is 1.89 bits per heavy atom. The summed E-state index contributed by atoms with van der Waals surface area (Å²) in [5.41, 5.74) is 16.4. The van der Waals surface area contributed by atoms with Gasteiger partial charge in [-0.1, -0.05) is 37.6 Å². The fourth-order valence-corrected chi connectivity index (χ4v) is 6.31. The summed E-state index contributed by atoms with van der Waals surface area (Å²) in [5, 5.41) is 9.45. The maximum absolute atomic E-state index is 13.9. The normalized spacial score (nSPS) is 21.4. The highest BCUT2D eigenvalue weighted by molar-refractivity contribution is 8.13. The van der Waals surface area contributed by atoms with E-state index in [1.807, 2.05) is 0 Å². The Labute approximate surface area is 268 Å². The van der Waals surface area contributed by atoms with Gasteiger partial charge in [0, 0.05) is 40.0 Å². The maximum atomic E-state index is 13.9. The molecule has 0 bridgehead atoms. The molecular formula is C25H38N9O10PS. The minimum Gasteiger partial charge on any atom is -0.465 e. The molecule has 0 aromatic carbocycles. The molecule has 0 saturated carbocycles. The molecule has 254 valence electrons. The van der Waals surface area contributed by atoms with Gasteiger partial charge in [0.15, 0.2) is 5.12 Å². The second-order valence-corrected chi connectivity index (χ2v) is 14.1. The molecule has 1 fully saturated rings. The number of ether oxygens (including phenoxy) is 3. The van der Waals surface area contributed by atoms with Crippen LogP contribution in [0.5, 0.6) is 0 Å². The molecule has 1 unspecified atom stereocenters. The lowest BCUT2D eigenvalue weighted by Gasteiger charge is -2.26. The van der Waals surface area contributed by atoms with Gasteiger partial charge in [0.1, 0.15) is 18.1 Å². The van der Waals surface area contributed by atoms with Gasteiger partial charge in [-0.25, -0.2) is 14.4 Å². The van der Waals surface area contributed by atoms with Gasteiger partial charge in [-0.15, -0.1) is 0 Å². The second-order valence-electron chi connectivity index (χ2n) is 11.2. The van der Waals surface area contributed by atoms with Crippen LogP contribution in [-0.2, 0) is 42.2 Å². The molecule has 1 aromatic heterocycles. The standard InChI is InChI=1S/C25H38N9O10PS/c1-14(2)43-22(36)15(3)31-45(39,41-10-11-46-23(37)25(5,6)7)42-13-18-17(12-40-16(4)35)20(30-33-27)21(44-18)34-9-8-19(29-32-26)28-24(34)38/h8-9,14-15,17-18,20-21H,10-13H2,1-7H3,(H,31,39)/t15-,17+,18+,20?,21+,45+/m0/s1. The lowest BCUT2D eigenvalue weighted by atomic mass is 9.97. The Kier molecular flexibility index (Phi) is 14.7. The van der Waals surface area contributed by atoms with Crippen LogP contribution < -0.4 is 10.8 Å². The molecule has 19 nitrogen and oxygen atoms in total. The van der Waals surface area contributed by atoms with E-state index in [1.54, 1.807) is 34.6 Å².